The molecule has 0 spiro atoms. The molecule has 0 unspecified atom stereocenters. The van der Waals surface area contributed by atoms with Gasteiger partial charge in [0.2, 0.25) is 15.0 Å². The van der Waals surface area contributed by atoms with Gasteiger partial charge >= 0.3 is 0 Å². The van der Waals surface area contributed by atoms with E-state index in [-0.39, 0.29) is 28.2 Å². The monoisotopic (exact) mass is 283 g/mol. The van der Waals surface area contributed by atoms with Crippen LogP contribution in [0.4, 0.5) is 4.39 Å². The van der Waals surface area contributed by atoms with Crippen molar-refractivity contribution in [2.45, 2.75) is 19.0 Å². The van der Waals surface area contributed by atoms with Gasteiger partial charge in [0.25, 0.3) is 0 Å². The van der Waals surface area contributed by atoms with Gasteiger partial charge in [0.1, 0.15) is 5.82 Å². The fourth-order valence-corrected chi connectivity index (χ4v) is 3.11. The van der Waals surface area contributed by atoms with Gasteiger partial charge in [0.15, 0.2) is 5.82 Å². The van der Waals surface area contributed by atoms with E-state index in [0.29, 0.717) is 0 Å². The first kappa shape index (κ1) is 13.7. The largest absolute Gasteiger partial charge is 0.249 e. The van der Waals surface area contributed by atoms with Gasteiger partial charge in [-0.05, 0) is 18.1 Å². The first-order valence-electron chi connectivity index (χ1n) is 5.80. The number of hydrogen-bond acceptors (Lipinski definition) is 4. The molecule has 102 valence electrons. The van der Waals surface area contributed by atoms with Crippen LogP contribution in [0.15, 0.2) is 29.4 Å². The Morgan fingerprint density at radius 3 is 2.63 bits per heavy atom. The van der Waals surface area contributed by atoms with E-state index in [0.717, 1.165) is 0 Å². The molecule has 0 radical (unpaired) electrons. The Balaban J connectivity index is 2.38. The molecule has 2 rings (SSSR count). The number of rotatable bonds is 4. The minimum atomic E-state index is -3.51. The lowest BCUT2D eigenvalue weighted by molar-refractivity contribution is 0.574. The Labute approximate surface area is 110 Å². The van der Waals surface area contributed by atoms with E-state index in [1.807, 2.05) is 0 Å². The van der Waals surface area contributed by atoms with Gasteiger partial charge in [-0.15, -0.1) is 0 Å². The van der Waals surface area contributed by atoms with Crippen LogP contribution in [-0.2, 0) is 9.84 Å². The highest BCUT2D eigenvalue weighted by Gasteiger charge is 2.22. The summed E-state index contributed by atoms with van der Waals surface area (Å²) >= 11 is 0. The highest BCUT2D eigenvalue weighted by Crippen LogP contribution is 2.20. The third-order valence-corrected chi connectivity index (χ3v) is 4.30. The molecule has 0 saturated carbocycles. The smallest absolute Gasteiger partial charge is 0.243 e. The molecule has 1 heterocycles. The lowest BCUT2D eigenvalue weighted by Crippen LogP contribution is -2.13. The Bertz CT molecular complexity index is 680. The van der Waals surface area contributed by atoms with Crippen molar-refractivity contribution >= 4 is 9.84 Å². The van der Waals surface area contributed by atoms with Gasteiger partial charge in [0.05, 0.1) is 11.3 Å². The third-order valence-electron chi connectivity index (χ3n) is 2.43. The summed E-state index contributed by atoms with van der Waals surface area (Å²) in [6.45, 7) is 3.59. The van der Waals surface area contributed by atoms with Crippen molar-refractivity contribution in [3.8, 4) is 11.4 Å². The number of aromatic nitrogens is 3. The fourth-order valence-electron chi connectivity index (χ4n) is 1.67. The molecular weight excluding hydrogens is 269 g/mol. The Kier molecular flexibility index (Phi) is 3.66. The van der Waals surface area contributed by atoms with Crippen LogP contribution >= 0.6 is 0 Å². The SMILES string of the molecule is CC(C)CS(=O)(=O)c1nc(-c2ccccc2F)n[nH]1. The minimum absolute atomic E-state index is 0.0213. The van der Waals surface area contributed by atoms with Crippen LogP contribution in [0.1, 0.15) is 13.8 Å². The van der Waals surface area contributed by atoms with E-state index in [2.05, 4.69) is 15.2 Å². The average Bonchev–Trinajstić information content (AvgIpc) is 2.77. The van der Waals surface area contributed by atoms with Crippen LogP contribution in [0.2, 0.25) is 0 Å². The number of hydrogen-bond donors (Lipinski definition) is 1. The number of sulfone groups is 1. The van der Waals surface area contributed by atoms with Crippen molar-refractivity contribution in [3.63, 3.8) is 0 Å². The van der Waals surface area contributed by atoms with Crippen molar-refractivity contribution < 1.29 is 12.8 Å². The Hall–Kier alpha value is -1.76. The summed E-state index contributed by atoms with van der Waals surface area (Å²) in [4.78, 5) is 3.87. The summed E-state index contributed by atoms with van der Waals surface area (Å²) in [7, 11) is -3.51. The molecule has 0 saturated heterocycles. The van der Waals surface area contributed by atoms with Crippen LogP contribution in [0.25, 0.3) is 11.4 Å². The zero-order chi connectivity index (χ0) is 14.0. The topological polar surface area (TPSA) is 75.7 Å². The van der Waals surface area contributed by atoms with E-state index in [4.69, 9.17) is 0 Å². The summed E-state index contributed by atoms with van der Waals surface area (Å²) < 4.78 is 37.4. The number of nitrogens with one attached hydrogen (secondary N) is 1. The molecule has 0 atom stereocenters. The molecule has 0 bridgehead atoms. The lowest BCUT2D eigenvalue weighted by Gasteiger charge is -2.02. The van der Waals surface area contributed by atoms with Gasteiger partial charge in [0, 0.05) is 0 Å². The zero-order valence-corrected chi connectivity index (χ0v) is 11.4. The van der Waals surface area contributed by atoms with Crippen molar-refractivity contribution in [2.24, 2.45) is 5.92 Å². The lowest BCUT2D eigenvalue weighted by atomic mass is 10.2. The second-order valence-electron chi connectivity index (χ2n) is 4.62. The summed E-state index contributed by atoms with van der Waals surface area (Å²) in [6.07, 6.45) is 0. The highest BCUT2D eigenvalue weighted by atomic mass is 32.2. The maximum atomic E-state index is 13.5. The molecule has 0 aliphatic heterocycles. The minimum Gasteiger partial charge on any atom is -0.249 e. The molecule has 5 nitrogen and oxygen atoms in total. The molecule has 2 aromatic rings. The maximum Gasteiger partial charge on any atom is 0.243 e. The zero-order valence-electron chi connectivity index (χ0n) is 10.6. The molecule has 0 amide bonds. The predicted octanol–water partition coefficient (Wildman–Crippen LogP) is 2.04. The van der Waals surface area contributed by atoms with Crippen LogP contribution < -0.4 is 0 Å². The molecule has 0 aliphatic carbocycles. The van der Waals surface area contributed by atoms with Gasteiger partial charge in [-0.3, -0.25) is 0 Å². The first-order valence-corrected chi connectivity index (χ1v) is 7.45. The van der Waals surface area contributed by atoms with Crippen LogP contribution in [-0.4, -0.2) is 29.4 Å². The van der Waals surface area contributed by atoms with E-state index >= 15 is 0 Å². The second kappa shape index (κ2) is 5.08. The van der Waals surface area contributed by atoms with Crippen molar-refractivity contribution in [2.75, 3.05) is 5.75 Å². The van der Waals surface area contributed by atoms with E-state index in [1.165, 1.54) is 12.1 Å². The van der Waals surface area contributed by atoms with Crippen LogP contribution in [0.5, 0.6) is 0 Å². The highest BCUT2D eigenvalue weighted by molar-refractivity contribution is 7.91. The second-order valence-corrected chi connectivity index (χ2v) is 6.57. The molecule has 0 fully saturated rings. The van der Waals surface area contributed by atoms with E-state index in [1.54, 1.807) is 26.0 Å². The normalized spacial score (nSPS) is 12.0. The Morgan fingerprint density at radius 2 is 2.00 bits per heavy atom. The van der Waals surface area contributed by atoms with Gasteiger partial charge in [-0.1, -0.05) is 26.0 Å². The van der Waals surface area contributed by atoms with Gasteiger partial charge in [-0.2, -0.15) is 10.1 Å². The number of H-pyrrole nitrogens is 1. The predicted molar refractivity (Wildman–Crippen MR) is 68.7 cm³/mol. The molecule has 0 aliphatic rings. The van der Waals surface area contributed by atoms with Crippen LogP contribution in [0, 0.1) is 11.7 Å². The maximum absolute atomic E-state index is 13.5. The van der Waals surface area contributed by atoms with Gasteiger partial charge in [-0.25, -0.2) is 17.9 Å². The number of halogens is 1. The summed E-state index contributed by atoms with van der Waals surface area (Å²) in [6, 6.07) is 5.95. The number of nitrogens with zero attached hydrogens (tertiary/aromatic N) is 2. The summed E-state index contributed by atoms with van der Waals surface area (Å²) in [5.41, 5.74) is 0.171. The molecular formula is C12H14FN3O2S. The summed E-state index contributed by atoms with van der Waals surface area (Å²) in [5, 5.41) is 5.90. The standard InChI is InChI=1S/C12H14FN3O2S/c1-8(2)7-19(17,18)12-14-11(15-16-12)9-5-3-4-6-10(9)13/h3-6,8H,7H2,1-2H3,(H,14,15,16). The molecule has 1 aromatic heterocycles. The average molecular weight is 283 g/mol. The summed E-state index contributed by atoms with van der Waals surface area (Å²) in [5.74, 6) is -0.499. The van der Waals surface area contributed by atoms with E-state index in [9.17, 15) is 12.8 Å². The fraction of sp³-hybridized carbons (Fsp3) is 0.333. The molecule has 7 heteroatoms. The number of benzene rings is 1. The van der Waals surface area contributed by atoms with Crippen LogP contribution in [0.3, 0.4) is 0 Å². The molecule has 19 heavy (non-hydrogen) atoms. The number of aromatic amines is 1. The van der Waals surface area contributed by atoms with Crippen molar-refractivity contribution in [1.29, 1.82) is 0 Å². The quantitative estimate of drug-likeness (QED) is 0.931. The van der Waals surface area contributed by atoms with Gasteiger partial charge < -0.3 is 0 Å². The Morgan fingerprint density at radius 1 is 1.32 bits per heavy atom. The third kappa shape index (κ3) is 2.98. The van der Waals surface area contributed by atoms with E-state index < -0.39 is 15.7 Å². The van der Waals surface area contributed by atoms with Crippen molar-refractivity contribution in [1.82, 2.24) is 15.2 Å². The van der Waals surface area contributed by atoms with Crippen molar-refractivity contribution in [3.05, 3.63) is 30.1 Å². The molecule has 1 aromatic carbocycles. The molecule has 1 N–H and O–H groups in total. The first-order chi connectivity index (χ1) is 8.90.